The molecule has 2 aromatic carbocycles. The zero-order valence-electron chi connectivity index (χ0n) is 16.7. The Hall–Kier alpha value is -3.02. The van der Waals surface area contributed by atoms with Crippen molar-refractivity contribution >= 4 is 17.5 Å². The molecule has 2 aromatic rings. The first-order valence-electron chi connectivity index (χ1n) is 9.28. The van der Waals surface area contributed by atoms with Gasteiger partial charge in [-0.3, -0.25) is 9.59 Å². The molecule has 0 spiro atoms. The van der Waals surface area contributed by atoms with Gasteiger partial charge in [-0.1, -0.05) is 24.3 Å². The molecule has 0 radical (unpaired) electrons. The van der Waals surface area contributed by atoms with Crippen LogP contribution in [0.5, 0.6) is 11.5 Å². The maximum atomic E-state index is 12.3. The Balaban J connectivity index is 1.59. The van der Waals surface area contributed by atoms with Crippen molar-refractivity contribution in [3.63, 3.8) is 0 Å². The first kappa shape index (κ1) is 19.7. The molecule has 1 aliphatic heterocycles. The highest BCUT2D eigenvalue weighted by atomic mass is 16.5. The van der Waals surface area contributed by atoms with Crippen molar-refractivity contribution in [1.29, 1.82) is 0 Å². The quantitative estimate of drug-likeness (QED) is 0.832. The summed E-state index contributed by atoms with van der Waals surface area (Å²) in [6.07, 6.45) is 0.813. The Kier molecular flexibility index (Phi) is 5.58. The molecule has 1 aliphatic rings. The van der Waals surface area contributed by atoms with E-state index in [4.69, 9.17) is 9.47 Å². The molecule has 0 fully saturated rings. The summed E-state index contributed by atoms with van der Waals surface area (Å²) in [7, 11) is 1.74. The van der Waals surface area contributed by atoms with Crippen LogP contribution in [-0.2, 0) is 22.6 Å². The van der Waals surface area contributed by atoms with E-state index in [0.717, 1.165) is 23.3 Å². The number of amides is 2. The minimum absolute atomic E-state index is 0.0105. The van der Waals surface area contributed by atoms with Crippen LogP contribution in [0.3, 0.4) is 0 Å². The van der Waals surface area contributed by atoms with Crippen LogP contribution in [-0.4, -0.2) is 36.0 Å². The van der Waals surface area contributed by atoms with Gasteiger partial charge in [0.2, 0.25) is 5.91 Å². The highest BCUT2D eigenvalue weighted by Gasteiger charge is 2.32. The molecule has 0 aliphatic carbocycles. The first-order chi connectivity index (χ1) is 13.2. The highest BCUT2D eigenvalue weighted by Crippen LogP contribution is 2.41. The lowest BCUT2D eigenvalue weighted by atomic mass is 10.0. The van der Waals surface area contributed by atoms with Crippen molar-refractivity contribution in [2.75, 3.05) is 19.0 Å². The predicted molar refractivity (Wildman–Crippen MR) is 108 cm³/mol. The minimum atomic E-state index is -0.266. The van der Waals surface area contributed by atoms with Crippen molar-refractivity contribution in [1.82, 2.24) is 4.90 Å². The van der Waals surface area contributed by atoms with Crippen LogP contribution < -0.4 is 14.8 Å². The molecule has 148 valence electrons. The number of rotatable bonds is 6. The monoisotopic (exact) mass is 382 g/mol. The average Bonchev–Trinajstić information content (AvgIpc) is 2.94. The second-order valence-corrected chi connectivity index (χ2v) is 7.70. The topological polar surface area (TPSA) is 67.9 Å². The van der Waals surface area contributed by atoms with Gasteiger partial charge in [-0.15, -0.1) is 0 Å². The Bertz CT molecular complexity index is 892. The zero-order chi connectivity index (χ0) is 20.3. The summed E-state index contributed by atoms with van der Waals surface area (Å²) in [6.45, 7) is 5.95. The summed E-state index contributed by atoms with van der Waals surface area (Å²) in [5.74, 6) is 1.03. The van der Waals surface area contributed by atoms with Crippen molar-refractivity contribution < 1.29 is 19.1 Å². The number of carbonyl (C=O) groups excluding carboxylic acids is 2. The molecule has 6 heteroatoms. The van der Waals surface area contributed by atoms with Crippen LogP contribution in [0.4, 0.5) is 5.69 Å². The summed E-state index contributed by atoms with van der Waals surface area (Å²) in [6, 6.07) is 13.2. The van der Waals surface area contributed by atoms with Gasteiger partial charge in [0, 0.05) is 38.2 Å². The molecular weight excluding hydrogens is 356 g/mol. The van der Waals surface area contributed by atoms with E-state index in [2.05, 4.69) is 5.32 Å². The van der Waals surface area contributed by atoms with Gasteiger partial charge in [0.25, 0.3) is 5.91 Å². The van der Waals surface area contributed by atoms with E-state index in [1.165, 1.54) is 6.92 Å². The average molecular weight is 382 g/mol. The number of fused-ring (bicyclic) bond motifs is 1. The Morgan fingerprint density at radius 1 is 1.21 bits per heavy atom. The molecule has 0 saturated heterocycles. The van der Waals surface area contributed by atoms with Crippen molar-refractivity contribution in [2.45, 2.75) is 39.3 Å². The number of para-hydroxylation sites is 1. The molecule has 1 heterocycles. The molecule has 0 atom stereocenters. The van der Waals surface area contributed by atoms with Gasteiger partial charge in [-0.25, -0.2) is 0 Å². The third-order valence-electron chi connectivity index (χ3n) is 4.58. The predicted octanol–water partition coefficient (Wildman–Crippen LogP) is 3.40. The Morgan fingerprint density at radius 3 is 2.71 bits per heavy atom. The smallest absolute Gasteiger partial charge is 0.262 e. The number of hydrogen-bond donors (Lipinski definition) is 1. The zero-order valence-corrected chi connectivity index (χ0v) is 16.7. The van der Waals surface area contributed by atoms with Crippen LogP contribution in [0.2, 0.25) is 0 Å². The number of carbonyl (C=O) groups is 2. The van der Waals surface area contributed by atoms with E-state index >= 15 is 0 Å². The van der Waals surface area contributed by atoms with Crippen LogP contribution in [0.1, 0.15) is 31.9 Å². The van der Waals surface area contributed by atoms with Gasteiger partial charge in [0.05, 0.1) is 0 Å². The molecule has 1 N–H and O–H groups in total. The summed E-state index contributed by atoms with van der Waals surface area (Å²) >= 11 is 0. The normalized spacial score (nSPS) is 14.0. The standard InChI is InChI=1S/C22H26N2O4/c1-15(25)24(4)13-16-7-5-9-18(11-16)23-20(26)14-27-19-10-6-8-17-12-22(2,3)28-21(17)19/h5-11H,12-14H2,1-4H3,(H,23,26). The lowest BCUT2D eigenvalue weighted by molar-refractivity contribution is -0.128. The maximum Gasteiger partial charge on any atom is 0.262 e. The highest BCUT2D eigenvalue weighted by molar-refractivity contribution is 5.92. The fraction of sp³-hybridized carbons (Fsp3) is 0.364. The Labute approximate surface area is 165 Å². The van der Waals surface area contributed by atoms with E-state index in [9.17, 15) is 9.59 Å². The van der Waals surface area contributed by atoms with Crippen LogP contribution in [0.25, 0.3) is 0 Å². The van der Waals surface area contributed by atoms with Crippen LogP contribution in [0.15, 0.2) is 42.5 Å². The molecule has 0 aromatic heterocycles. The molecule has 0 unspecified atom stereocenters. The molecule has 0 bridgehead atoms. The van der Waals surface area contributed by atoms with Crippen molar-refractivity contribution in [2.24, 2.45) is 0 Å². The third kappa shape index (κ3) is 4.82. The van der Waals surface area contributed by atoms with Crippen LogP contribution >= 0.6 is 0 Å². The molecule has 2 amide bonds. The van der Waals surface area contributed by atoms with Gasteiger partial charge >= 0.3 is 0 Å². The largest absolute Gasteiger partial charge is 0.483 e. The van der Waals surface area contributed by atoms with Gasteiger partial charge < -0.3 is 19.7 Å². The summed E-state index contributed by atoms with van der Waals surface area (Å²) in [5, 5.41) is 2.83. The van der Waals surface area contributed by atoms with Crippen molar-refractivity contribution in [3.05, 3.63) is 53.6 Å². The second-order valence-electron chi connectivity index (χ2n) is 7.70. The van der Waals surface area contributed by atoms with E-state index in [1.54, 1.807) is 18.0 Å². The van der Waals surface area contributed by atoms with E-state index in [0.29, 0.717) is 18.0 Å². The van der Waals surface area contributed by atoms with E-state index in [-0.39, 0.29) is 24.0 Å². The number of nitrogens with zero attached hydrogens (tertiary/aromatic N) is 1. The fourth-order valence-electron chi connectivity index (χ4n) is 3.17. The SMILES string of the molecule is CC(=O)N(C)Cc1cccc(NC(=O)COc2cccc3c2OC(C)(C)C3)c1. The molecule has 28 heavy (non-hydrogen) atoms. The first-order valence-corrected chi connectivity index (χ1v) is 9.28. The number of benzene rings is 2. The summed E-state index contributed by atoms with van der Waals surface area (Å²) < 4.78 is 11.7. The number of hydrogen-bond acceptors (Lipinski definition) is 4. The van der Waals surface area contributed by atoms with Gasteiger partial charge in [-0.2, -0.15) is 0 Å². The lowest BCUT2D eigenvalue weighted by Crippen LogP contribution is -2.25. The molecule has 6 nitrogen and oxygen atoms in total. The molecule has 0 saturated carbocycles. The number of nitrogens with one attached hydrogen (secondary N) is 1. The van der Waals surface area contributed by atoms with Gasteiger partial charge in [0.15, 0.2) is 18.1 Å². The summed E-state index contributed by atoms with van der Waals surface area (Å²) in [4.78, 5) is 25.3. The third-order valence-corrected chi connectivity index (χ3v) is 4.58. The van der Waals surface area contributed by atoms with Crippen LogP contribution in [0, 0.1) is 0 Å². The van der Waals surface area contributed by atoms with Gasteiger partial charge in [-0.05, 0) is 37.6 Å². The number of anilines is 1. The fourth-order valence-corrected chi connectivity index (χ4v) is 3.17. The number of ether oxygens (including phenoxy) is 2. The van der Waals surface area contributed by atoms with Crippen molar-refractivity contribution in [3.8, 4) is 11.5 Å². The van der Waals surface area contributed by atoms with Gasteiger partial charge in [0.1, 0.15) is 5.60 Å². The van der Waals surface area contributed by atoms with E-state index in [1.807, 2.05) is 50.2 Å². The second kappa shape index (κ2) is 7.92. The Morgan fingerprint density at radius 2 is 1.96 bits per heavy atom. The molecular formula is C22H26N2O4. The maximum absolute atomic E-state index is 12.3. The van der Waals surface area contributed by atoms with E-state index < -0.39 is 0 Å². The molecule has 3 rings (SSSR count). The minimum Gasteiger partial charge on any atom is -0.483 e. The summed E-state index contributed by atoms with van der Waals surface area (Å²) in [5.41, 5.74) is 2.43. The lowest BCUT2D eigenvalue weighted by Gasteiger charge is -2.18.